The smallest absolute Gasteiger partial charge is 0.302 e. The number of hydrogen-bond donors (Lipinski definition) is 0. The van der Waals surface area contributed by atoms with Crippen molar-refractivity contribution in [2.75, 3.05) is 6.26 Å². The van der Waals surface area contributed by atoms with Crippen LogP contribution in [0.15, 0.2) is 84.0 Å². The molecule has 0 amide bonds. The Morgan fingerprint density at radius 1 is 0.921 bits per heavy atom. The van der Waals surface area contributed by atoms with Gasteiger partial charge in [-0.3, -0.25) is 0 Å². The van der Waals surface area contributed by atoms with Gasteiger partial charge in [0.2, 0.25) is 0 Å². The van der Waals surface area contributed by atoms with E-state index in [9.17, 15) is 8.42 Å². The molecule has 3 aromatic carbocycles. The van der Waals surface area contributed by atoms with Crippen molar-refractivity contribution in [3.8, 4) is 22.5 Å². The molecule has 11 heteroatoms. The Kier molecular flexibility index (Phi) is 6.40. The molecule has 2 aromatic heterocycles. The molecule has 0 bridgehead atoms. The summed E-state index contributed by atoms with van der Waals surface area (Å²) in [5, 5.41) is 8.20. The molecule has 5 aromatic rings. The SMILES string of the molecule is Cc1cn(-c2ccc(-c3cccc(S(C)(=O)=O)c3)cc2-n2nncc2C(F)(F)c2ccc(Cl)cc2)c(C)n1. The van der Waals surface area contributed by atoms with Crippen LogP contribution in [0, 0.1) is 13.8 Å². The summed E-state index contributed by atoms with van der Waals surface area (Å²) < 4.78 is 58.7. The number of benzene rings is 3. The van der Waals surface area contributed by atoms with Crippen molar-refractivity contribution in [3.05, 3.63) is 107 Å². The Morgan fingerprint density at radius 2 is 1.63 bits per heavy atom. The lowest BCUT2D eigenvalue weighted by Gasteiger charge is -2.20. The molecule has 7 nitrogen and oxygen atoms in total. The van der Waals surface area contributed by atoms with E-state index in [1.54, 1.807) is 47.2 Å². The van der Waals surface area contributed by atoms with Crippen LogP contribution in [0.4, 0.5) is 8.78 Å². The normalized spacial score (nSPS) is 12.2. The van der Waals surface area contributed by atoms with Gasteiger partial charge in [0.1, 0.15) is 11.5 Å². The third-order valence-corrected chi connectivity index (χ3v) is 7.50. The quantitative estimate of drug-likeness (QED) is 0.260. The number of aromatic nitrogens is 5. The molecule has 0 N–H and O–H groups in total. The third kappa shape index (κ3) is 4.72. The summed E-state index contributed by atoms with van der Waals surface area (Å²) in [5.41, 5.74) is 2.11. The largest absolute Gasteiger partial charge is 0.316 e. The number of aryl methyl sites for hydroxylation is 2. The molecule has 0 atom stereocenters. The minimum absolute atomic E-state index is 0.150. The minimum Gasteiger partial charge on any atom is -0.302 e. The first kappa shape index (κ1) is 25.7. The van der Waals surface area contributed by atoms with Crippen molar-refractivity contribution in [2.45, 2.75) is 24.7 Å². The Bertz CT molecular complexity index is 1760. The van der Waals surface area contributed by atoms with E-state index in [2.05, 4.69) is 15.3 Å². The van der Waals surface area contributed by atoms with Gasteiger partial charge in [-0.05, 0) is 61.4 Å². The maximum absolute atomic E-state index is 15.8. The third-order valence-electron chi connectivity index (χ3n) is 6.14. The first-order valence-corrected chi connectivity index (χ1v) is 13.7. The van der Waals surface area contributed by atoms with Gasteiger partial charge in [0, 0.05) is 23.0 Å². The first-order valence-electron chi connectivity index (χ1n) is 11.5. The monoisotopic (exact) mass is 553 g/mol. The van der Waals surface area contributed by atoms with Crippen LogP contribution in [0.1, 0.15) is 22.8 Å². The second-order valence-corrected chi connectivity index (χ2v) is 11.4. The summed E-state index contributed by atoms with van der Waals surface area (Å²) in [4.78, 5) is 4.60. The Balaban J connectivity index is 1.73. The molecule has 0 spiro atoms. The van der Waals surface area contributed by atoms with Crippen LogP contribution >= 0.6 is 11.6 Å². The second kappa shape index (κ2) is 9.45. The molecule has 0 saturated carbocycles. The minimum atomic E-state index is -3.45. The molecular formula is C27H22ClF2N5O2S. The number of imidazole rings is 1. The summed E-state index contributed by atoms with van der Waals surface area (Å²) in [6, 6.07) is 17.0. The standard InChI is InChI=1S/C27H22ClF2N5O2S/c1-17-16-34(18(2)32-17)24-12-7-20(19-5-4-6-23(13-19)38(3,36)37)14-25(24)35-26(15-31-33-35)27(29,30)21-8-10-22(28)11-9-21/h4-16H,1-3H3. The molecular weight excluding hydrogens is 532 g/mol. The van der Waals surface area contributed by atoms with E-state index < -0.39 is 21.5 Å². The lowest BCUT2D eigenvalue weighted by Crippen LogP contribution is -2.21. The Labute approximate surface area is 223 Å². The van der Waals surface area contributed by atoms with Gasteiger partial charge in [0.15, 0.2) is 9.84 Å². The van der Waals surface area contributed by atoms with Crippen molar-refractivity contribution < 1.29 is 17.2 Å². The van der Waals surface area contributed by atoms with Crippen molar-refractivity contribution >= 4 is 21.4 Å². The van der Waals surface area contributed by atoms with Crippen LogP contribution < -0.4 is 0 Å². The molecule has 38 heavy (non-hydrogen) atoms. The van der Waals surface area contributed by atoms with Crippen LogP contribution in [0.2, 0.25) is 5.02 Å². The topological polar surface area (TPSA) is 82.7 Å². The number of halogens is 3. The summed E-state index contributed by atoms with van der Waals surface area (Å²) in [6.07, 6.45) is 3.96. The zero-order chi connectivity index (χ0) is 27.2. The molecule has 194 valence electrons. The highest BCUT2D eigenvalue weighted by Gasteiger charge is 2.39. The summed E-state index contributed by atoms with van der Waals surface area (Å²) in [5.74, 6) is -2.79. The molecule has 0 fully saturated rings. The van der Waals surface area contributed by atoms with E-state index in [1.165, 1.54) is 30.3 Å². The van der Waals surface area contributed by atoms with Gasteiger partial charge >= 0.3 is 5.92 Å². The highest BCUT2D eigenvalue weighted by atomic mass is 35.5. The van der Waals surface area contributed by atoms with Gasteiger partial charge in [0.05, 0.1) is 28.2 Å². The predicted molar refractivity (Wildman–Crippen MR) is 141 cm³/mol. The second-order valence-electron chi connectivity index (χ2n) is 8.92. The van der Waals surface area contributed by atoms with Crippen LogP contribution in [-0.4, -0.2) is 39.2 Å². The van der Waals surface area contributed by atoms with Crippen molar-refractivity contribution in [2.24, 2.45) is 0 Å². The van der Waals surface area contributed by atoms with Crippen LogP contribution in [-0.2, 0) is 15.8 Å². The zero-order valence-corrected chi connectivity index (χ0v) is 22.2. The van der Waals surface area contributed by atoms with Crippen LogP contribution in [0.5, 0.6) is 0 Å². The van der Waals surface area contributed by atoms with Gasteiger partial charge in [-0.2, -0.15) is 8.78 Å². The number of rotatable bonds is 6. The maximum atomic E-state index is 15.8. The van der Waals surface area contributed by atoms with E-state index in [4.69, 9.17) is 11.6 Å². The zero-order valence-electron chi connectivity index (χ0n) is 20.6. The van der Waals surface area contributed by atoms with Gasteiger partial charge in [-0.25, -0.2) is 18.1 Å². The fraction of sp³-hybridized carbons (Fsp3) is 0.148. The molecule has 2 heterocycles. The van der Waals surface area contributed by atoms with Crippen molar-refractivity contribution in [1.29, 1.82) is 0 Å². The van der Waals surface area contributed by atoms with Gasteiger partial charge in [0.25, 0.3) is 0 Å². The van der Waals surface area contributed by atoms with E-state index in [0.717, 1.165) is 22.8 Å². The van der Waals surface area contributed by atoms with Gasteiger partial charge in [-0.1, -0.05) is 47.1 Å². The summed E-state index contributed by atoms with van der Waals surface area (Å²) >= 11 is 5.91. The summed E-state index contributed by atoms with van der Waals surface area (Å²) in [7, 11) is -3.45. The van der Waals surface area contributed by atoms with E-state index in [-0.39, 0.29) is 10.5 Å². The number of hydrogen-bond acceptors (Lipinski definition) is 5. The lowest BCUT2D eigenvalue weighted by atomic mass is 10.0. The average Bonchev–Trinajstić information content (AvgIpc) is 3.50. The molecule has 0 aliphatic heterocycles. The fourth-order valence-corrected chi connectivity index (χ4v) is 5.07. The maximum Gasteiger partial charge on any atom is 0.316 e. The van der Waals surface area contributed by atoms with Crippen LogP contribution in [0.25, 0.3) is 22.5 Å². The van der Waals surface area contributed by atoms with E-state index in [0.29, 0.717) is 33.3 Å². The lowest BCUT2D eigenvalue weighted by molar-refractivity contribution is 0.0353. The van der Waals surface area contributed by atoms with Crippen LogP contribution in [0.3, 0.4) is 0 Å². The molecule has 0 aliphatic carbocycles. The van der Waals surface area contributed by atoms with Crippen molar-refractivity contribution in [1.82, 2.24) is 24.5 Å². The van der Waals surface area contributed by atoms with Gasteiger partial charge in [-0.15, -0.1) is 5.10 Å². The van der Waals surface area contributed by atoms with E-state index >= 15 is 8.78 Å². The highest BCUT2D eigenvalue weighted by Crippen LogP contribution is 2.38. The summed E-state index contributed by atoms with van der Waals surface area (Å²) in [6.45, 7) is 3.65. The Hall–Kier alpha value is -3.89. The average molecular weight is 554 g/mol. The number of alkyl halides is 2. The highest BCUT2D eigenvalue weighted by molar-refractivity contribution is 7.90. The number of sulfone groups is 1. The number of nitrogens with zero attached hydrogens (tertiary/aromatic N) is 5. The molecule has 0 unspecified atom stereocenters. The van der Waals surface area contributed by atoms with Crippen molar-refractivity contribution in [3.63, 3.8) is 0 Å². The molecule has 5 rings (SSSR count). The fourth-order valence-electron chi connectivity index (χ4n) is 4.28. The predicted octanol–water partition coefficient (Wildman–Crippen LogP) is 5.93. The molecule has 0 aliphatic rings. The first-order chi connectivity index (χ1) is 17.9. The Morgan fingerprint density at radius 3 is 2.29 bits per heavy atom. The molecule has 0 radical (unpaired) electrons. The van der Waals surface area contributed by atoms with Gasteiger partial charge < -0.3 is 4.57 Å². The van der Waals surface area contributed by atoms with E-state index in [1.807, 2.05) is 13.8 Å². The molecule has 0 saturated heterocycles.